The van der Waals surface area contributed by atoms with Crippen LogP contribution in [-0.4, -0.2) is 22.7 Å². The Bertz CT molecular complexity index is 473. The van der Waals surface area contributed by atoms with Crippen LogP contribution in [0.4, 0.5) is 16.3 Å². The van der Waals surface area contributed by atoms with E-state index in [0.717, 1.165) is 5.69 Å². The van der Waals surface area contributed by atoms with E-state index in [1.54, 1.807) is 6.07 Å². The van der Waals surface area contributed by atoms with Crippen molar-refractivity contribution >= 4 is 33.5 Å². The normalized spacial score (nSPS) is 17.3. The molecular weight excluding hydrogens is 274 g/mol. The van der Waals surface area contributed by atoms with Crippen molar-refractivity contribution in [1.82, 2.24) is 4.98 Å². The molecule has 1 aliphatic rings. The second-order valence-corrected chi connectivity index (χ2v) is 5.33. The van der Waals surface area contributed by atoms with Gasteiger partial charge in [-0.05, 0) is 22.0 Å². The summed E-state index contributed by atoms with van der Waals surface area (Å²) in [6.07, 6.45) is -0.967. The molecule has 86 valence electrons. The molecule has 6 heteroatoms. The number of nitrogens with zero attached hydrogens (tertiary/aromatic N) is 2. The highest BCUT2D eigenvalue weighted by Gasteiger charge is 2.40. The number of hydrogen-bond donors (Lipinski definition) is 2. The molecule has 1 aromatic heterocycles. The number of hydrogen-bond acceptors (Lipinski definition) is 3. The second-order valence-electron chi connectivity index (χ2n) is 4.48. The predicted molar refractivity (Wildman–Crippen MR) is 64.7 cm³/mol. The van der Waals surface area contributed by atoms with E-state index in [-0.39, 0.29) is 5.41 Å². The lowest BCUT2D eigenvalue weighted by atomic mass is 9.91. The van der Waals surface area contributed by atoms with E-state index in [9.17, 15) is 4.79 Å². The predicted octanol–water partition coefficient (Wildman–Crippen LogP) is 2.20. The number of anilines is 2. The molecule has 1 aromatic rings. The molecule has 0 atom stereocenters. The van der Waals surface area contributed by atoms with Gasteiger partial charge in [-0.2, -0.15) is 0 Å². The first-order chi connectivity index (χ1) is 7.33. The minimum absolute atomic E-state index is 0.303. The highest BCUT2D eigenvalue weighted by atomic mass is 79.9. The zero-order chi connectivity index (χ0) is 12.1. The smallest absolute Gasteiger partial charge is 0.411 e. The number of aromatic nitrogens is 1. The molecule has 2 heterocycles. The van der Waals surface area contributed by atoms with Gasteiger partial charge in [-0.1, -0.05) is 13.8 Å². The first-order valence-corrected chi connectivity index (χ1v) is 5.59. The SMILES string of the molecule is CC1(C)CN(C(=O)O)c2cc(Br)c(N)nc21. The molecule has 0 spiro atoms. The van der Waals surface area contributed by atoms with Crippen molar-refractivity contribution in [3.63, 3.8) is 0 Å². The molecule has 0 radical (unpaired) electrons. The maximum Gasteiger partial charge on any atom is 0.411 e. The summed E-state index contributed by atoms with van der Waals surface area (Å²) in [4.78, 5) is 16.7. The van der Waals surface area contributed by atoms with E-state index in [1.165, 1.54) is 4.90 Å². The summed E-state index contributed by atoms with van der Waals surface area (Å²) in [6, 6.07) is 1.71. The van der Waals surface area contributed by atoms with Gasteiger partial charge in [0.2, 0.25) is 0 Å². The summed E-state index contributed by atoms with van der Waals surface area (Å²) in [6.45, 7) is 4.31. The number of halogens is 1. The van der Waals surface area contributed by atoms with E-state index >= 15 is 0 Å². The van der Waals surface area contributed by atoms with Crippen LogP contribution in [0.5, 0.6) is 0 Å². The highest BCUT2D eigenvalue weighted by Crippen LogP contribution is 2.41. The molecule has 0 unspecified atom stereocenters. The van der Waals surface area contributed by atoms with Gasteiger partial charge in [0.05, 0.1) is 15.9 Å². The third-order valence-electron chi connectivity index (χ3n) is 2.70. The molecule has 5 nitrogen and oxygen atoms in total. The Balaban J connectivity index is 2.63. The number of nitrogen functional groups attached to an aromatic ring is 1. The molecule has 1 amide bonds. The zero-order valence-corrected chi connectivity index (χ0v) is 10.6. The van der Waals surface area contributed by atoms with E-state index in [4.69, 9.17) is 10.8 Å². The van der Waals surface area contributed by atoms with E-state index in [1.807, 2.05) is 13.8 Å². The van der Waals surface area contributed by atoms with Crippen LogP contribution in [-0.2, 0) is 5.41 Å². The Morgan fingerprint density at radius 1 is 1.69 bits per heavy atom. The van der Waals surface area contributed by atoms with Crippen molar-refractivity contribution in [2.45, 2.75) is 19.3 Å². The Morgan fingerprint density at radius 2 is 2.31 bits per heavy atom. The van der Waals surface area contributed by atoms with E-state index < -0.39 is 6.09 Å². The fourth-order valence-electron chi connectivity index (χ4n) is 1.92. The Hall–Kier alpha value is -1.30. The summed E-state index contributed by atoms with van der Waals surface area (Å²) in [5.74, 6) is 0.388. The van der Waals surface area contributed by atoms with E-state index in [0.29, 0.717) is 22.5 Å². The first-order valence-electron chi connectivity index (χ1n) is 4.80. The van der Waals surface area contributed by atoms with Crippen molar-refractivity contribution in [3.05, 3.63) is 16.2 Å². The summed E-state index contributed by atoms with van der Waals surface area (Å²) < 4.78 is 0.621. The lowest BCUT2D eigenvalue weighted by Gasteiger charge is -2.17. The molecule has 0 saturated carbocycles. The maximum absolute atomic E-state index is 11.1. The minimum Gasteiger partial charge on any atom is -0.465 e. The van der Waals surface area contributed by atoms with Gasteiger partial charge in [0, 0.05) is 12.0 Å². The molecule has 2 rings (SSSR count). The van der Waals surface area contributed by atoms with Crippen LogP contribution in [0.3, 0.4) is 0 Å². The van der Waals surface area contributed by atoms with Gasteiger partial charge in [0.15, 0.2) is 0 Å². The van der Waals surface area contributed by atoms with Gasteiger partial charge in [-0.25, -0.2) is 9.78 Å². The summed E-state index contributed by atoms with van der Waals surface area (Å²) >= 11 is 3.26. The third-order valence-corrected chi connectivity index (χ3v) is 3.33. The topological polar surface area (TPSA) is 79.5 Å². The molecule has 0 aliphatic carbocycles. The number of nitrogens with two attached hydrogens (primary N) is 1. The van der Waals surface area contributed by atoms with E-state index in [2.05, 4.69) is 20.9 Å². The van der Waals surface area contributed by atoms with Gasteiger partial charge in [0.25, 0.3) is 0 Å². The lowest BCUT2D eigenvalue weighted by molar-refractivity contribution is 0.201. The van der Waals surface area contributed by atoms with Crippen LogP contribution >= 0.6 is 15.9 Å². The Kier molecular flexibility index (Phi) is 2.34. The summed E-state index contributed by atoms with van der Waals surface area (Å²) in [5, 5.41) is 9.10. The number of amides is 1. The molecule has 0 aromatic carbocycles. The number of rotatable bonds is 0. The second kappa shape index (κ2) is 3.35. The molecule has 0 fully saturated rings. The van der Waals surface area contributed by atoms with Gasteiger partial charge in [-0.3, -0.25) is 4.90 Å². The average Bonchev–Trinajstić information content (AvgIpc) is 2.41. The van der Waals surface area contributed by atoms with Crippen LogP contribution in [0.1, 0.15) is 19.5 Å². The van der Waals surface area contributed by atoms with Crippen LogP contribution in [0, 0.1) is 0 Å². The lowest BCUT2D eigenvalue weighted by Crippen LogP contribution is -2.32. The molecule has 1 aliphatic heterocycles. The van der Waals surface area contributed by atoms with Crippen molar-refractivity contribution in [2.24, 2.45) is 0 Å². The van der Waals surface area contributed by atoms with Crippen molar-refractivity contribution in [3.8, 4) is 0 Å². The summed E-state index contributed by atoms with van der Waals surface area (Å²) in [5.41, 5.74) is 6.75. The number of pyridine rings is 1. The molecule has 0 bridgehead atoms. The summed E-state index contributed by atoms with van der Waals surface area (Å²) in [7, 11) is 0. The minimum atomic E-state index is -0.967. The Labute approximate surface area is 101 Å². The largest absolute Gasteiger partial charge is 0.465 e. The zero-order valence-electron chi connectivity index (χ0n) is 8.99. The monoisotopic (exact) mass is 285 g/mol. The Morgan fingerprint density at radius 3 is 2.88 bits per heavy atom. The average molecular weight is 286 g/mol. The van der Waals surface area contributed by atoms with Crippen LogP contribution < -0.4 is 10.6 Å². The maximum atomic E-state index is 11.1. The van der Waals surface area contributed by atoms with Crippen LogP contribution in [0.25, 0.3) is 0 Å². The molecular formula is C10H12BrN3O2. The van der Waals surface area contributed by atoms with Gasteiger partial charge in [0.1, 0.15) is 5.82 Å². The first kappa shape index (κ1) is 11.2. The van der Waals surface area contributed by atoms with Crippen LogP contribution in [0.2, 0.25) is 0 Å². The van der Waals surface area contributed by atoms with Gasteiger partial charge in [-0.15, -0.1) is 0 Å². The standard InChI is InChI=1S/C10H12BrN3O2/c1-10(2)4-14(9(15)16)6-3-5(11)8(12)13-7(6)10/h3H,4H2,1-2H3,(H2,12,13)(H,15,16). The number of carboxylic acid groups (broad SMARTS) is 1. The van der Waals surface area contributed by atoms with Crippen LogP contribution in [0.15, 0.2) is 10.5 Å². The van der Waals surface area contributed by atoms with Gasteiger partial charge < -0.3 is 10.8 Å². The molecule has 0 saturated heterocycles. The number of fused-ring (bicyclic) bond motifs is 1. The van der Waals surface area contributed by atoms with Gasteiger partial charge >= 0.3 is 6.09 Å². The fraction of sp³-hybridized carbons (Fsp3) is 0.400. The third kappa shape index (κ3) is 1.53. The molecule has 16 heavy (non-hydrogen) atoms. The fourth-order valence-corrected chi connectivity index (χ4v) is 2.23. The highest BCUT2D eigenvalue weighted by molar-refractivity contribution is 9.10. The van der Waals surface area contributed by atoms with Crippen molar-refractivity contribution < 1.29 is 9.90 Å². The molecule has 3 N–H and O–H groups in total. The number of carbonyl (C=O) groups is 1. The van der Waals surface area contributed by atoms with Crippen molar-refractivity contribution in [2.75, 3.05) is 17.2 Å². The quantitative estimate of drug-likeness (QED) is 0.766. The van der Waals surface area contributed by atoms with Crippen molar-refractivity contribution in [1.29, 1.82) is 0 Å².